The molecular formula is C22H20N2O4. The quantitative estimate of drug-likeness (QED) is 0.615. The molecule has 6 nitrogen and oxygen atoms in total. The molecule has 0 saturated carbocycles. The van der Waals surface area contributed by atoms with Crippen LogP contribution in [0.2, 0.25) is 0 Å². The van der Waals surface area contributed by atoms with Gasteiger partial charge in [0.1, 0.15) is 23.0 Å². The summed E-state index contributed by atoms with van der Waals surface area (Å²) in [6, 6.07) is 17.4. The number of hydrogen-bond donors (Lipinski definition) is 2. The van der Waals surface area contributed by atoms with Crippen LogP contribution < -0.4 is 9.47 Å². The van der Waals surface area contributed by atoms with Crippen molar-refractivity contribution in [3.63, 3.8) is 0 Å². The summed E-state index contributed by atoms with van der Waals surface area (Å²) in [5, 5.41) is 20.6. The summed E-state index contributed by atoms with van der Waals surface area (Å²) in [7, 11) is 3.19. The second-order valence-corrected chi connectivity index (χ2v) is 5.85. The van der Waals surface area contributed by atoms with Crippen molar-refractivity contribution in [2.45, 2.75) is 0 Å². The number of phenols is 2. The number of benzene rings is 3. The average Bonchev–Trinajstić information content (AvgIpc) is 2.74. The molecule has 6 heteroatoms. The van der Waals surface area contributed by atoms with Gasteiger partial charge in [0, 0.05) is 18.0 Å². The molecule has 0 heterocycles. The molecule has 0 amide bonds. The number of hydrogen-bond acceptors (Lipinski definition) is 6. The molecule has 3 aromatic carbocycles. The Labute approximate surface area is 163 Å². The smallest absolute Gasteiger partial charge is 0.136 e. The number of phenolic OH excluding ortho intramolecular Hbond substituents is 2. The molecule has 28 heavy (non-hydrogen) atoms. The minimum Gasteiger partial charge on any atom is -0.507 e. The van der Waals surface area contributed by atoms with E-state index in [1.54, 1.807) is 68.8 Å². The minimum absolute atomic E-state index is 0.0728. The number of aliphatic imine (C=N–C) groups is 2. The highest BCUT2D eigenvalue weighted by Gasteiger charge is 2.09. The molecule has 0 unspecified atom stereocenters. The van der Waals surface area contributed by atoms with Gasteiger partial charge in [-0.25, -0.2) is 0 Å². The largest absolute Gasteiger partial charge is 0.507 e. The van der Waals surface area contributed by atoms with Gasteiger partial charge in [-0.2, -0.15) is 0 Å². The maximum atomic E-state index is 10.5. The fourth-order valence-electron chi connectivity index (χ4n) is 2.47. The zero-order valence-electron chi connectivity index (χ0n) is 15.5. The zero-order chi connectivity index (χ0) is 19.9. The highest BCUT2D eigenvalue weighted by Crippen LogP contribution is 2.29. The molecule has 2 N–H and O–H groups in total. The lowest BCUT2D eigenvalue weighted by Gasteiger charge is -2.06. The van der Waals surface area contributed by atoms with Crippen LogP contribution in [0.15, 0.2) is 70.6 Å². The van der Waals surface area contributed by atoms with Crippen LogP contribution in [0.3, 0.4) is 0 Å². The summed E-state index contributed by atoms with van der Waals surface area (Å²) in [5.74, 6) is 1.29. The fraction of sp³-hybridized carbons (Fsp3) is 0.0909. The maximum Gasteiger partial charge on any atom is 0.136 e. The summed E-state index contributed by atoms with van der Waals surface area (Å²) in [6.07, 6.45) is 2.94. The van der Waals surface area contributed by atoms with Crippen LogP contribution in [-0.2, 0) is 0 Å². The van der Waals surface area contributed by atoms with Crippen molar-refractivity contribution in [2.24, 2.45) is 9.98 Å². The molecule has 0 fully saturated rings. The lowest BCUT2D eigenvalue weighted by atomic mass is 10.1. The van der Waals surface area contributed by atoms with E-state index in [0.717, 1.165) is 11.5 Å². The molecule has 0 aliphatic heterocycles. The first-order chi connectivity index (χ1) is 13.6. The molecule has 0 bridgehead atoms. The summed E-state index contributed by atoms with van der Waals surface area (Å²) in [6.45, 7) is 0. The summed E-state index contributed by atoms with van der Waals surface area (Å²) in [5.41, 5.74) is 2.05. The number of methoxy groups -OCH3 is 2. The monoisotopic (exact) mass is 376 g/mol. The Balaban J connectivity index is 1.84. The van der Waals surface area contributed by atoms with Gasteiger partial charge >= 0.3 is 0 Å². The number of aromatic hydroxyl groups is 2. The summed E-state index contributed by atoms with van der Waals surface area (Å²) >= 11 is 0. The van der Waals surface area contributed by atoms with Gasteiger partial charge in [0.05, 0.1) is 31.2 Å². The van der Waals surface area contributed by atoms with Crippen molar-refractivity contribution in [1.29, 1.82) is 0 Å². The molecule has 0 aromatic heterocycles. The van der Waals surface area contributed by atoms with Crippen LogP contribution in [0.5, 0.6) is 23.0 Å². The van der Waals surface area contributed by atoms with Crippen LogP contribution in [0, 0.1) is 0 Å². The fourth-order valence-corrected chi connectivity index (χ4v) is 2.47. The van der Waals surface area contributed by atoms with E-state index in [9.17, 15) is 10.2 Å². The Morgan fingerprint density at radius 3 is 1.68 bits per heavy atom. The second-order valence-electron chi connectivity index (χ2n) is 5.85. The Hall–Kier alpha value is -3.80. The minimum atomic E-state index is -0.102. The van der Waals surface area contributed by atoms with Crippen molar-refractivity contribution in [3.8, 4) is 23.0 Å². The molecule has 0 aliphatic rings. The van der Waals surface area contributed by atoms with Gasteiger partial charge in [-0.15, -0.1) is 0 Å². The molecule has 0 spiro atoms. The second kappa shape index (κ2) is 8.73. The highest BCUT2D eigenvalue weighted by atomic mass is 16.5. The van der Waals surface area contributed by atoms with Gasteiger partial charge < -0.3 is 19.7 Å². The molecular weight excluding hydrogens is 356 g/mol. The summed E-state index contributed by atoms with van der Waals surface area (Å²) in [4.78, 5) is 8.63. The van der Waals surface area contributed by atoms with Crippen molar-refractivity contribution >= 4 is 23.8 Å². The van der Waals surface area contributed by atoms with E-state index in [4.69, 9.17) is 9.47 Å². The van der Waals surface area contributed by atoms with Gasteiger partial charge in [0.15, 0.2) is 0 Å². The van der Waals surface area contributed by atoms with Crippen molar-refractivity contribution in [3.05, 3.63) is 71.8 Å². The molecule has 3 aromatic rings. The van der Waals surface area contributed by atoms with Crippen molar-refractivity contribution in [1.82, 2.24) is 0 Å². The van der Waals surface area contributed by atoms with E-state index < -0.39 is 0 Å². The molecule has 0 saturated heterocycles. The van der Waals surface area contributed by atoms with Gasteiger partial charge in [-0.3, -0.25) is 9.98 Å². The molecule has 3 rings (SSSR count). The van der Waals surface area contributed by atoms with E-state index in [1.807, 2.05) is 0 Å². The number of rotatable bonds is 6. The Kier molecular flexibility index (Phi) is 5.91. The summed E-state index contributed by atoms with van der Waals surface area (Å²) < 4.78 is 10.2. The number of nitrogens with zero attached hydrogens (tertiary/aromatic N) is 2. The Morgan fingerprint density at radius 1 is 0.679 bits per heavy atom. The first-order valence-corrected chi connectivity index (χ1v) is 8.52. The topological polar surface area (TPSA) is 83.6 Å². The van der Waals surface area contributed by atoms with E-state index >= 15 is 0 Å². The molecule has 0 aliphatic carbocycles. The lowest BCUT2D eigenvalue weighted by Crippen LogP contribution is -1.90. The third-order valence-electron chi connectivity index (χ3n) is 4.07. The van der Waals surface area contributed by atoms with Crippen LogP contribution >= 0.6 is 0 Å². The maximum absolute atomic E-state index is 10.5. The van der Waals surface area contributed by atoms with Crippen LogP contribution in [0.1, 0.15) is 11.1 Å². The first kappa shape index (κ1) is 19.0. The van der Waals surface area contributed by atoms with Crippen molar-refractivity contribution < 1.29 is 19.7 Å². The standard InChI is InChI=1S/C22H20N2O4/c1-27-18-8-4-16(5-9-18)23-13-15-3-12-21(25)20(22(15)26)14-24-17-6-10-19(28-2)11-7-17/h3-14,25-26H,1-2H3. The van der Waals surface area contributed by atoms with Gasteiger partial charge in [0.25, 0.3) is 0 Å². The van der Waals surface area contributed by atoms with E-state index in [-0.39, 0.29) is 17.1 Å². The Morgan fingerprint density at radius 2 is 1.18 bits per heavy atom. The lowest BCUT2D eigenvalue weighted by molar-refractivity contribution is 0.415. The van der Waals surface area contributed by atoms with Crippen LogP contribution in [-0.4, -0.2) is 36.9 Å². The zero-order valence-corrected chi connectivity index (χ0v) is 15.5. The number of ether oxygens (including phenoxy) is 2. The van der Waals surface area contributed by atoms with Gasteiger partial charge in [0.2, 0.25) is 0 Å². The molecule has 0 atom stereocenters. The predicted molar refractivity (Wildman–Crippen MR) is 110 cm³/mol. The Bertz CT molecular complexity index is 994. The van der Waals surface area contributed by atoms with Crippen LogP contribution in [0.4, 0.5) is 11.4 Å². The highest BCUT2D eigenvalue weighted by molar-refractivity contribution is 5.95. The average molecular weight is 376 g/mol. The van der Waals surface area contributed by atoms with E-state index in [1.165, 1.54) is 18.5 Å². The third kappa shape index (κ3) is 4.48. The normalized spacial score (nSPS) is 11.2. The van der Waals surface area contributed by atoms with E-state index in [0.29, 0.717) is 16.9 Å². The van der Waals surface area contributed by atoms with Gasteiger partial charge in [-0.05, 0) is 60.7 Å². The van der Waals surface area contributed by atoms with E-state index in [2.05, 4.69) is 9.98 Å². The predicted octanol–water partition coefficient (Wildman–Crippen LogP) is 4.62. The molecule has 0 radical (unpaired) electrons. The third-order valence-corrected chi connectivity index (χ3v) is 4.07. The SMILES string of the molecule is COc1ccc(N=Cc2ccc(O)c(C=Nc3ccc(OC)cc3)c2O)cc1. The first-order valence-electron chi connectivity index (χ1n) is 8.52. The van der Waals surface area contributed by atoms with Crippen molar-refractivity contribution in [2.75, 3.05) is 14.2 Å². The van der Waals surface area contributed by atoms with Crippen LogP contribution in [0.25, 0.3) is 0 Å². The molecule has 142 valence electrons. The van der Waals surface area contributed by atoms with Gasteiger partial charge in [-0.1, -0.05) is 0 Å².